The van der Waals surface area contributed by atoms with E-state index in [-0.39, 0.29) is 5.04 Å². The average molecular weight is 347 g/mol. The summed E-state index contributed by atoms with van der Waals surface area (Å²) < 4.78 is 11.8. The summed E-state index contributed by atoms with van der Waals surface area (Å²) in [5.41, 5.74) is 1.24. The van der Waals surface area contributed by atoms with Gasteiger partial charge < -0.3 is 9.16 Å². The van der Waals surface area contributed by atoms with Crippen LogP contribution in [0.2, 0.25) is 18.1 Å². The van der Waals surface area contributed by atoms with Crippen LogP contribution in [0.4, 0.5) is 0 Å². The van der Waals surface area contributed by atoms with Crippen LogP contribution in [-0.4, -0.2) is 21.5 Å². The van der Waals surface area contributed by atoms with Crippen molar-refractivity contribution >= 4 is 8.32 Å². The van der Waals surface area contributed by atoms with Crippen molar-refractivity contribution in [3.63, 3.8) is 0 Å². The molecule has 1 aromatic rings. The Labute approximate surface area is 150 Å². The number of unbranched alkanes of at least 4 members (excludes halogenated alkanes) is 2. The highest BCUT2D eigenvalue weighted by molar-refractivity contribution is 6.74. The van der Waals surface area contributed by atoms with Gasteiger partial charge in [-0.3, -0.25) is 0 Å². The van der Waals surface area contributed by atoms with Crippen LogP contribution in [0.5, 0.6) is 0 Å². The number of benzene rings is 1. The molecule has 0 heterocycles. The predicted octanol–water partition coefficient (Wildman–Crippen LogP) is 5.79. The smallest absolute Gasteiger partial charge is 0.192 e. The van der Waals surface area contributed by atoms with Gasteiger partial charge in [0.25, 0.3) is 0 Å². The Morgan fingerprint density at radius 3 is 2.25 bits per heavy atom. The molecular formula is C21H34O2Si. The lowest BCUT2D eigenvalue weighted by molar-refractivity contribution is 0.117. The third kappa shape index (κ3) is 8.68. The Kier molecular flexibility index (Phi) is 9.36. The Morgan fingerprint density at radius 1 is 0.917 bits per heavy atom. The molecule has 0 N–H and O–H groups in total. The van der Waals surface area contributed by atoms with E-state index >= 15 is 0 Å². The molecule has 2 nitrogen and oxygen atoms in total. The molecule has 0 amide bonds. The van der Waals surface area contributed by atoms with Crippen LogP contribution in [0, 0.1) is 11.8 Å². The molecule has 24 heavy (non-hydrogen) atoms. The van der Waals surface area contributed by atoms with Gasteiger partial charge in [-0.25, -0.2) is 0 Å². The summed E-state index contributed by atoms with van der Waals surface area (Å²) in [4.78, 5) is 0. The number of hydrogen-bond acceptors (Lipinski definition) is 2. The second kappa shape index (κ2) is 10.7. The molecule has 0 aliphatic carbocycles. The van der Waals surface area contributed by atoms with Gasteiger partial charge in [-0.05, 0) is 36.5 Å². The first kappa shape index (κ1) is 21.0. The maximum absolute atomic E-state index is 6.11. The topological polar surface area (TPSA) is 18.5 Å². The fourth-order valence-electron chi connectivity index (χ4n) is 1.93. The van der Waals surface area contributed by atoms with Crippen molar-refractivity contribution < 1.29 is 9.16 Å². The summed E-state index contributed by atoms with van der Waals surface area (Å²) in [6.07, 6.45) is 3.97. The van der Waals surface area contributed by atoms with Gasteiger partial charge in [-0.15, -0.1) is 11.8 Å². The molecule has 0 aromatic heterocycles. The first-order valence-corrected chi connectivity index (χ1v) is 11.9. The van der Waals surface area contributed by atoms with Gasteiger partial charge >= 0.3 is 0 Å². The summed E-state index contributed by atoms with van der Waals surface area (Å²) in [5.74, 6) is 6.48. The van der Waals surface area contributed by atoms with Crippen molar-refractivity contribution in [1.82, 2.24) is 0 Å². The molecule has 3 heteroatoms. The van der Waals surface area contributed by atoms with Gasteiger partial charge in [0.05, 0.1) is 6.61 Å². The normalized spacial score (nSPS) is 11.9. The molecular weight excluding hydrogens is 312 g/mol. The van der Waals surface area contributed by atoms with Gasteiger partial charge in [-0.2, -0.15) is 0 Å². The van der Waals surface area contributed by atoms with Crippen molar-refractivity contribution in [3.05, 3.63) is 35.9 Å². The van der Waals surface area contributed by atoms with Crippen LogP contribution in [0.25, 0.3) is 0 Å². The van der Waals surface area contributed by atoms with Crippen LogP contribution in [0.3, 0.4) is 0 Å². The summed E-state index contributed by atoms with van der Waals surface area (Å²) in [6, 6.07) is 10.3. The second-order valence-electron chi connectivity index (χ2n) is 7.71. The predicted molar refractivity (Wildman–Crippen MR) is 105 cm³/mol. The van der Waals surface area contributed by atoms with Gasteiger partial charge in [0, 0.05) is 26.1 Å². The third-order valence-corrected chi connectivity index (χ3v) is 9.11. The highest BCUT2D eigenvalue weighted by atomic mass is 28.4. The van der Waals surface area contributed by atoms with Crippen molar-refractivity contribution in [3.8, 4) is 11.8 Å². The monoisotopic (exact) mass is 346 g/mol. The number of rotatable bonds is 9. The van der Waals surface area contributed by atoms with Gasteiger partial charge in [0.2, 0.25) is 0 Å². The highest BCUT2D eigenvalue weighted by Gasteiger charge is 2.36. The Morgan fingerprint density at radius 2 is 1.58 bits per heavy atom. The van der Waals surface area contributed by atoms with Crippen LogP contribution in [-0.2, 0) is 15.8 Å². The standard InChI is InChI=1S/C21H34O2Si/c1-21(2,3)24(4,5)23-18-14-9-7-6-8-13-17-22-19-20-15-11-10-12-16-20/h10-12,15-16H,6,8,13-14,17-19H2,1-5H3. The average Bonchev–Trinajstić information content (AvgIpc) is 2.52. The highest BCUT2D eigenvalue weighted by Crippen LogP contribution is 2.36. The minimum atomic E-state index is -1.61. The molecule has 0 fully saturated rings. The van der Waals surface area contributed by atoms with E-state index in [1.165, 1.54) is 5.56 Å². The van der Waals surface area contributed by atoms with Crippen molar-refractivity contribution in [2.24, 2.45) is 0 Å². The van der Waals surface area contributed by atoms with E-state index in [9.17, 15) is 0 Å². The quantitative estimate of drug-likeness (QED) is 0.320. The summed E-state index contributed by atoms with van der Waals surface area (Å²) in [6.45, 7) is 13.7. The molecule has 1 rings (SSSR count). The third-order valence-electron chi connectivity index (χ3n) is 4.57. The number of ether oxygens (including phenoxy) is 1. The molecule has 1 aromatic carbocycles. The van der Waals surface area contributed by atoms with E-state index in [4.69, 9.17) is 9.16 Å². The molecule has 0 bridgehead atoms. The van der Waals surface area contributed by atoms with E-state index in [2.05, 4.69) is 57.8 Å². The van der Waals surface area contributed by atoms with E-state index in [1.807, 2.05) is 18.2 Å². The molecule has 0 atom stereocenters. The van der Waals surface area contributed by atoms with E-state index in [1.54, 1.807) is 0 Å². The SMILES string of the molecule is CC(C)(C)[Si](C)(C)OCCC#CCCCCOCc1ccccc1. The van der Waals surface area contributed by atoms with Gasteiger partial charge in [0.1, 0.15) is 0 Å². The summed E-state index contributed by atoms with van der Waals surface area (Å²) in [7, 11) is -1.61. The molecule has 0 saturated carbocycles. The Bertz CT molecular complexity index is 506. The van der Waals surface area contributed by atoms with Crippen LogP contribution in [0.1, 0.15) is 52.0 Å². The molecule has 0 saturated heterocycles. The second-order valence-corrected chi connectivity index (χ2v) is 12.5. The fraction of sp³-hybridized carbons (Fsp3) is 0.619. The van der Waals surface area contributed by atoms with Crippen LogP contribution in [0.15, 0.2) is 30.3 Å². The maximum atomic E-state index is 6.11. The lowest BCUT2D eigenvalue weighted by atomic mass is 10.2. The van der Waals surface area contributed by atoms with E-state index in [0.29, 0.717) is 6.61 Å². The largest absolute Gasteiger partial charge is 0.416 e. The molecule has 0 unspecified atom stereocenters. The number of hydrogen-bond donors (Lipinski definition) is 0. The van der Waals surface area contributed by atoms with Crippen molar-refractivity contribution in [2.75, 3.05) is 13.2 Å². The zero-order valence-electron chi connectivity index (χ0n) is 16.2. The molecule has 134 valence electrons. The minimum absolute atomic E-state index is 0.278. The van der Waals surface area contributed by atoms with Crippen molar-refractivity contribution in [1.29, 1.82) is 0 Å². The molecule has 0 spiro atoms. The lowest BCUT2D eigenvalue weighted by Crippen LogP contribution is -2.40. The zero-order chi connectivity index (χ0) is 17.9. The van der Waals surface area contributed by atoms with Crippen LogP contribution >= 0.6 is 0 Å². The van der Waals surface area contributed by atoms with Gasteiger partial charge in [0.15, 0.2) is 8.32 Å². The minimum Gasteiger partial charge on any atom is -0.416 e. The van der Waals surface area contributed by atoms with E-state index in [0.717, 1.165) is 38.9 Å². The van der Waals surface area contributed by atoms with Gasteiger partial charge in [-0.1, -0.05) is 51.1 Å². The molecule has 0 aliphatic rings. The first-order valence-electron chi connectivity index (χ1n) is 9.04. The summed E-state index contributed by atoms with van der Waals surface area (Å²) >= 11 is 0. The van der Waals surface area contributed by atoms with Crippen molar-refractivity contribution in [2.45, 2.75) is 71.2 Å². The van der Waals surface area contributed by atoms with E-state index < -0.39 is 8.32 Å². The Hall–Kier alpha value is -1.08. The molecule has 0 aliphatic heterocycles. The zero-order valence-corrected chi connectivity index (χ0v) is 17.2. The maximum Gasteiger partial charge on any atom is 0.192 e. The molecule has 0 radical (unpaired) electrons. The van der Waals surface area contributed by atoms with Crippen LogP contribution < -0.4 is 0 Å². The lowest BCUT2D eigenvalue weighted by Gasteiger charge is -2.35. The first-order chi connectivity index (χ1) is 11.3. The fourth-order valence-corrected chi connectivity index (χ4v) is 2.98. The Balaban J connectivity index is 2.00. The summed E-state index contributed by atoms with van der Waals surface area (Å²) in [5, 5.41) is 0.278.